The summed E-state index contributed by atoms with van der Waals surface area (Å²) in [6.45, 7) is 3.25. The van der Waals surface area contributed by atoms with Crippen LogP contribution < -0.4 is 9.04 Å². The molecule has 0 radical (unpaired) electrons. The molecule has 0 bridgehead atoms. The van der Waals surface area contributed by atoms with Gasteiger partial charge in [-0.15, -0.1) is 0 Å². The van der Waals surface area contributed by atoms with Gasteiger partial charge in [0.2, 0.25) is 0 Å². The van der Waals surface area contributed by atoms with Gasteiger partial charge in [-0.2, -0.15) is 0 Å². The summed E-state index contributed by atoms with van der Waals surface area (Å²) >= 11 is 0. The normalized spacial score (nSPS) is 11.0. The lowest BCUT2D eigenvalue weighted by atomic mass is 10.1. The number of sulfonamides is 1. The fourth-order valence-corrected chi connectivity index (χ4v) is 3.81. The molecular weight excluding hydrogens is 342 g/mol. The van der Waals surface area contributed by atoms with E-state index in [9.17, 15) is 13.2 Å². The van der Waals surface area contributed by atoms with E-state index in [1.165, 1.54) is 26.4 Å². The third-order valence-electron chi connectivity index (χ3n) is 3.78. The molecule has 2 rings (SSSR count). The Bertz CT molecular complexity index is 860. The summed E-state index contributed by atoms with van der Waals surface area (Å²) in [6, 6.07) is 11.5. The largest absolute Gasteiger partial charge is 0.497 e. The van der Waals surface area contributed by atoms with Crippen LogP contribution in [-0.2, 0) is 19.6 Å². The predicted octanol–water partition coefficient (Wildman–Crippen LogP) is 2.68. The average Bonchev–Trinajstić information content (AvgIpc) is 2.61. The minimum atomic E-state index is -3.95. The van der Waals surface area contributed by atoms with Crippen LogP contribution in [0.1, 0.15) is 11.1 Å². The number of methoxy groups -OCH3 is 2. The molecule has 0 aliphatic heterocycles. The van der Waals surface area contributed by atoms with Crippen LogP contribution in [0.25, 0.3) is 0 Å². The number of hydrogen-bond donors (Lipinski definition) is 0. The van der Waals surface area contributed by atoms with Gasteiger partial charge in [-0.3, -0.25) is 9.10 Å². The number of nitrogens with zero attached hydrogens (tertiary/aromatic N) is 1. The number of benzene rings is 2. The summed E-state index contributed by atoms with van der Waals surface area (Å²) < 4.78 is 37.1. The first kappa shape index (κ1) is 18.8. The van der Waals surface area contributed by atoms with Gasteiger partial charge >= 0.3 is 5.97 Å². The average molecular weight is 363 g/mol. The van der Waals surface area contributed by atoms with Gasteiger partial charge in [-0.05, 0) is 55.3 Å². The van der Waals surface area contributed by atoms with Gasteiger partial charge in [0.15, 0.2) is 0 Å². The predicted molar refractivity (Wildman–Crippen MR) is 95.5 cm³/mol. The molecule has 0 atom stereocenters. The zero-order valence-corrected chi connectivity index (χ0v) is 15.5. The zero-order chi connectivity index (χ0) is 18.6. The Morgan fingerprint density at radius 1 is 1.04 bits per heavy atom. The van der Waals surface area contributed by atoms with Crippen LogP contribution in [0, 0.1) is 13.8 Å². The fourth-order valence-electron chi connectivity index (χ4n) is 2.34. The van der Waals surface area contributed by atoms with Gasteiger partial charge in [0.25, 0.3) is 10.0 Å². The molecule has 0 aliphatic rings. The highest BCUT2D eigenvalue weighted by atomic mass is 32.2. The fraction of sp³-hybridized carbons (Fsp3) is 0.278. The SMILES string of the molecule is COC(=O)CN(c1cc(C)ccc1C)S(=O)(=O)c1ccc(OC)cc1. The van der Waals surface area contributed by atoms with Crippen molar-refractivity contribution in [3.63, 3.8) is 0 Å². The van der Waals surface area contributed by atoms with Crippen LogP contribution in [0.3, 0.4) is 0 Å². The Morgan fingerprint density at radius 3 is 2.24 bits per heavy atom. The second-order valence-corrected chi connectivity index (χ2v) is 7.42. The zero-order valence-electron chi connectivity index (χ0n) is 14.6. The molecule has 0 amide bonds. The summed E-state index contributed by atoms with van der Waals surface area (Å²) in [5, 5.41) is 0. The van der Waals surface area contributed by atoms with Crippen molar-refractivity contribution in [1.29, 1.82) is 0 Å². The first-order chi connectivity index (χ1) is 11.8. The molecule has 0 heterocycles. The maximum atomic E-state index is 13.1. The van der Waals surface area contributed by atoms with Crippen molar-refractivity contribution >= 4 is 21.7 Å². The van der Waals surface area contributed by atoms with Crippen molar-refractivity contribution in [2.75, 3.05) is 25.1 Å². The highest BCUT2D eigenvalue weighted by Crippen LogP contribution is 2.28. The van der Waals surface area contributed by atoms with Crippen LogP contribution in [-0.4, -0.2) is 35.2 Å². The van der Waals surface area contributed by atoms with E-state index in [0.717, 1.165) is 15.4 Å². The van der Waals surface area contributed by atoms with E-state index in [0.29, 0.717) is 11.4 Å². The number of ether oxygens (including phenoxy) is 2. The van der Waals surface area contributed by atoms with Crippen molar-refractivity contribution in [2.45, 2.75) is 18.7 Å². The number of aryl methyl sites for hydroxylation is 2. The highest BCUT2D eigenvalue weighted by Gasteiger charge is 2.28. The molecule has 0 aromatic heterocycles. The lowest BCUT2D eigenvalue weighted by Gasteiger charge is -2.25. The van der Waals surface area contributed by atoms with Crippen molar-refractivity contribution in [3.05, 3.63) is 53.6 Å². The summed E-state index contributed by atoms with van der Waals surface area (Å²) in [4.78, 5) is 11.9. The summed E-state index contributed by atoms with van der Waals surface area (Å²) in [7, 11) is -1.22. The number of carbonyl (C=O) groups is 1. The lowest BCUT2D eigenvalue weighted by Crippen LogP contribution is -2.36. The first-order valence-corrected chi connectivity index (χ1v) is 9.04. The van der Waals surface area contributed by atoms with Gasteiger partial charge in [-0.1, -0.05) is 12.1 Å². The topological polar surface area (TPSA) is 72.9 Å². The van der Waals surface area contributed by atoms with E-state index in [-0.39, 0.29) is 4.90 Å². The Morgan fingerprint density at radius 2 is 1.68 bits per heavy atom. The van der Waals surface area contributed by atoms with Crippen LogP contribution in [0.5, 0.6) is 5.75 Å². The molecule has 0 N–H and O–H groups in total. The summed E-state index contributed by atoms with van der Waals surface area (Å²) in [6.07, 6.45) is 0. The molecule has 6 nitrogen and oxygen atoms in total. The van der Waals surface area contributed by atoms with E-state index in [4.69, 9.17) is 4.74 Å². The first-order valence-electron chi connectivity index (χ1n) is 7.60. The smallest absolute Gasteiger partial charge is 0.326 e. The maximum Gasteiger partial charge on any atom is 0.326 e. The van der Waals surface area contributed by atoms with E-state index < -0.39 is 22.5 Å². The highest BCUT2D eigenvalue weighted by molar-refractivity contribution is 7.92. The van der Waals surface area contributed by atoms with Gasteiger partial charge in [0.05, 0.1) is 24.8 Å². The molecule has 0 saturated heterocycles. The number of esters is 1. The minimum absolute atomic E-state index is 0.0677. The quantitative estimate of drug-likeness (QED) is 0.738. The molecule has 2 aromatic carbocycles. The van der Waals surface area contributed by atoms with Crippen molar-refractivity contribution < 1.29 is 22.7 Å². The van der Waals surface area contributed by atoms with E-state index in [2.05, 4.69) is 4.74 Å². The summed E-state index contributed by atoms with van der Waals surface area (Å²) in [5.41, 5.74) is 2.08. The second-order valence-electron chi connectivity index (χ2n) is 5.55. The second kappa shape index (κ2) is 7.57. The van der Waals surface area contributed by atoms with E-state index in [1.807, 2.05) is 19.1 Å². The van der Waals surface area contributed by atoms with Crippen LogP contribution >= 0.6 is 0 Å². The van der Waals surface area contributed by atoms with Gasteiger partial charge in [0.1, 0.15) is 12.3 Å². The molecule has 134 valence electrons. The Hall–Kier alpha value is -2.54. The number of carbonyl (C=O) groups excluding carboxylic acids is 1. The van der Waals surface area contributed by atoms with E-state index >= 15 is 0 Å². The number of rotatable bonds is 6. The molecule has 2 aromatic rings. The van der Waals surface area contributed by atoms with Crippen LogP contribution in [0.2, 0.25) is 0 Å². The number of anilines is 1. The Labute approximate surface area is 148 Å². The third kappa shape index (κ3) is 4.11. The van der Waals surface area contributed by atoms with Crippen molar-refractivity contribution in [1.82, 2.24) is 0 Å². The number of hydrogen-bond acceptors (Lipinski definition) is 5. The molecule has 25 heavy (non-hydrogen) atoms. The van der Waals surface area contributed by atoms with Gasteiger partial charge < -0.3 is 9.47 Å². The molecule has 0 unspecified atom stereocenters. The van der Waals surface area contributed by atoms with Crippen LogP contribution in [0.4, 0.5) is 5.69 Å². The maximum absolute atomic E-state index is 13.1. The molecule has 0 spiro atoms. The van der Waals surface area contributed by atoms with E-state index in [1.54, 1.807) is 25.1 Å². The molecule has 0 fully saturated rings. The molecule has 0 saturated carbocycles. The van der Waals surface area contributed by atoms with Crippen LogP contribution in [0.15, 0.2) is 47.4 Å². The standard InChI is InChI=1S/C18H21NO5S/c1-13-5-6-14(2)17(11-13)19(12-18(20)24-4)25(21,22)16-9-7-15(23-3)8-10-16/h5-11H,12H2,1-4H3. The summed E-state index contributed by atoms with van der Waals surface area (Å²) in [5.74, 6) is -0.0943. The third-order valence-corrected chi connectivity index (χ3v) is 5.56. The molecular formula is C18H21NO5S. The van der Waals surface area contributed by atoms with Crippen molar-refractivity contribution in [3.8, 4) is 5.75 Å². The molecule has 0 aliphatic carbocycles. The lowest BCUT2D eigenvalue weighted by molar-refractivity contribution is -0.138. The Kier molecular flexibility index (Phi) is 5.69. The monoisotopic (exact) mass is 363 g/mol. The minimum Gasteiger partial charge on any atom is -0.497 e. The van der Waals surface area contributed by atoms with Gasteiger partial charge in [0, 0.05) is 0 Å². The molecule has 7 heteroatoms. The van der Waals surface area contributed by atoms with Crippen molar-refractivity contribution in [2.24, 2.45) is 0 Å². The Balaban J connectivity index is 2.56. The van der Waals surface area contributed by atoms with Gasteiger partial charge in [-0.25, -0.2) is 8.42 Å².